The first-order valence-corrected chi connectivity index (χ1v) is 16.9. The van der Waals surface area contributed by atoms with E-state index in [0.29, 0.717) is 93.7 Å². The van der Waals surface area contributed by atoms with E-state index in [0.717, 1.165) is 22.8 Å². The fraction of sp³-hybridized carbons (Fsp3) is 0.378. The number of carbonyl (C=O) groups excluding carboxylic acids is 2. The molecule has 49 heavy (non-hydrogen) atoms. The molecular weight excluding hydrogens is 622 g/mol. The predicted molar refractivity (Wildman–Crippen MR) is 184 cm³/mol. The van der Waals surface area contributed by atoms with E-state index >= 15 is 0 Å². The summed E-state index contributed by atoms with van der Waals surface area (Å²) in [7, 11) is 1.61. The van der Waals surface area contributed by atoms with E-state index in [4.69, 9.17) is 14.0 Å². The highest BCUT2D eigenvalue weighted by molar-refractivity contribution is 5.94. The van der Waals surface area contributed by atoms with E-state index in [1.54, 1.807) is 36.4 Å². The van der Waals surface area contributed by atoms with E-state index in [9.17, 15) is 9.59 Å². The van der Waals surface area contributed by atoms with Gasteiger partial charge in [-0.2, -0.15) is 5.10 Å². The molecule has 4 heterocycles. The Morgan fingerprint density at radius 3 is 2.53 bits per heavy atom. The van der Waals surface area contributed by atoms with Crippen LogP contribution < -0.4 is 9.47 Å². The van der Waals surface area contributed by atoms with Crippen LogP contribution in [0.3, 0.4) is 0 Å². The lowest BCUT2D eigenvalue weighted by atomic mass is 10.1. The van der Waals surface area contributed by atoms with Crippen molar-refractivity contribution in [2.24, 2.45) is 5.92 Å². The molecule has 1 aliphatic rings. The zero-order valence-corrected chi connectivity index (χ0v) is 28.3. The number of nitrogens with zero attached hydrogens (tertiary/aromatic N) is 7. The summed E-state index contributed by atoms with van der Waals surface area (Å²) in [5, 5.41) is 8.58. The van der Waals surface area contributed by atoms with Crippen LogP contribution in [0.4, 0.5) is 0 Å². The van der Waals surface area contributed by atoms with Crippen molar-refractivity contribution >= 4 is 11.8 Å². The second kappa shape index (κ2) is 15.7. The van der Waals surface area contributed by atoms with Gasteiger partial charge in [0, 0.05) is 69.4 Å². The molecule has 0 fully saturated rings. The Hall–Kier alpha value is -5.39. The first-order chi connectivity index (χ1) is 23.9. The van der Waals surface area contributed by atoms with E-state index in [1.807, 2.05) is 64.5 Å². The van der Waals surface area contributed by atoms with E-state index in [2.05, 4.69) is 33.7 Å². The van der Waals surface area contributed by atoms with Gasteiger partial charge in [-0.1, -0.05) is 43.3 Å². The number of hydrogen-bond acceptors (Lipinski definition) is 8. The molecule has 0 aliphatic carbocycles. The number of rotatable bonds is 6. The summed E-state index contributed by atoms with van der Waals surface area (Å²) < 4.78 is 20.8. The number of carbonyl (C=O) groups is 2. The van der Waals surface area contributed by atoms with Crippen molar-refractivity contribution in [3.05, 3.63) is 96.4 Å². The largest absolute Gasteiger partial charge is 0.494 e. The second-order valence-electron chi connectivity index (χ2n) is 12.6. The molecule has 1 aliphatic heterocycles. The summed E-state index contributed by atoms with van der Waals surface area (Å²) in [5.74, 6) is 2.99. The van der Waals surface area contributed by atoms with Crippen molar-refractivity contribution in [1.29, 1.82) is 0 Å². The average Bonchev–Trinajstić information content (AvgIpc) is 3.89. The quantitative estimate of drug-likeness (QED) is 0.224. The molecule has 0 atom stereocenters. The van der Waals surface area contributed by atoms with E-state index < -0.39 is 0 Å². The molecule has 6 rings (SSSR count). The van der Waals surface area contributed by atoms with Gasteiger partial charge >= 0.3 is 0 Å². The van der Waals surface area contributed by atoms with Gasteiger partial charge in [-0.25, -0.2) is 9.67 Å². The maximum absolute atomic E-state index is 14.0. The van der Waals surface area contributed by atoms with Gasteiger partial charge in [0.25, 0.3) is 11.8 Å². The number of para-hydroxylation sites is 2. The molecule has 0 spiro atoms. The third-order valence-corrected chi connectivity index (χ3v) is 8.49. The number of methoxy groups -OCH3 is 1. The predicted octanol–water partition coefficient (Wildman–Crippen LogP) is 5.78. The number of imidazole rings is 1. The molecule has 0 radical (unpaired) electrons. The SMILES string of the molecule is COc1ccccc1-n1cc(C(=O)N2CCCCN(C(=O)c3cc(CC(C)C)on3)CCCOc3cccc(c3)-c3nccn3CC2)cn1. The summed E-state index contributed by atoms with van der Waals surface area (Å²) in [6, 6.07) is 17.1. The highest BCUT2D eigenvalue weighted by Gasteiger charge is 2.23. The van der Waals surface area contributed by atoms with Gasteiger partial charge < -0.3 is 28.4 Å². The van der Waals surface area contributed by atoms with Crippen molar-refractivity contribution in [3.8, 4) is 28.6 Å². The summed E-state index contributed by atoms with van der Waals surface area (Å²) >= 11 is 0. The first-order valence-electron chi connectivity index (χ1n) is 16.9. The Labute approximate surface area is 286 Å². The molecule has 0 N–H and O–H groups in total. The summed E-state index contributed by atoms with van der Waals surface area (Å²) in [5.41, 5.74) is 2.46. The van der Waals surface area contributed by atoms with Gasteiger partial charge in [0.15, 0.2) is 5.69 Å². The van der Waals surface area contributed by atoms with Gasteiger partial charge in [0.05, 0.1) is 25.5 Å². The highest BCUT2D eigenvalue weighted by atomic mass is 16.5. The van der Waals surface area contributed by atoms with Crippen LogP contribution in [-0.2, 0) is 13.0 Å². The molecule has 2 bridgehead atoms. The molecule has 3 aromatic heterocycles. The molecule has 0 saturated heterocycles. The first kappa shape index (κ1) is 33.5. The number of hydrogen-bond donors (Lipinski definition) is 0. The number of fused-ring (bicyclic) bond motifs is 4. The van der Waals surface area contributed by atoms with Crippen LogP contribution in [0.1, 0.15) is 59.7 Å². The van der Waals surface area contributed by atoms with Gasteiger partial charge in [-0.15, -0.1) is 0 Å². The van der Waals surface area contributed by atoms with Gasteiger partial charge in [-0.3, -0.25) is 9.59 Å². The molecule has 0 unspecified atom stereocenters. The van der Waals surface area contributed by atoms with Crippen molar-refractivity contribution in [3.63, 3.8) is 0 Å². The summed E-state index contributed by atoms with van der Waals surface area (Å²) in [6.45, 7) is 7.17. The van der Waals surface area contributed by atoms with Crippen LogP contribution in [0.2, 0.25) is 0 Å². The average molecular weight is 666 g/mol. The Bertz CT molecular complexity index is 1860. The van der Waals surface area contributed by atoms with Gasteiger partial charge in [-0.05, 0) is 49.4 Å². The lowest BCUT2D eigenvalue weighted by Gasteiger charge is -2.25. The van der Waals surface area contributed by atoms with Crippen LogP contribution in [-0.4, -0.2) is 86.0 Å². The number of benzene rings is 2. The van der Waals surface area contributed by atoms with Crippen molar-refractivity contribution in [1.82, 2.24) is 34.3 Å². The van der Waals surface area contributed by atoms with E-state index in [1.165, 1.54) is 0 Å². The molecule has 0 saturated carbocycles. The topological polar surface area (TPSA) is 121 Å². The van der Waals surface area contributed by atoms with Gasteiger partial charge in [0.2, 0.25) is 0 Å². The molecule has 256 valence electrons. The maximum atomic E-state index is 14.0. The minimum Gasteiger partial charge on any atom is -0.494 e. The Morgan fingerprint density at radius 1 is 0.918 bits per heavy atom. The van der Waals surface area contributed by atoms with E-state index in [-0.39, 0.29) is 11.8 Å². The molecule has 12 heteroatoms. The Balaban J connectivity index is 1.24. The second-order valence-corrected chi connectivity index (χ2v) is 12.6. The Morgan fingerprint density at radius 2 is 1.71 bits per heavy atom. The highest BCUT2D eigenvalue weighted by Crippen LogP contribution is 2.25. The molecule has 2 aromatic carbocycles. The monoisotopic (exact) mass is 665 g/mol. The summed E-state index contributed by atoms with van der Waals surface area (Å²) in [4.78, 5) is 35.9. The van der Waals surface area contributed by atoms with Crippen LogP contribution in [0.25, 0.3) is 17.1 Å². The normalized spacial score (nSPS) is 14.6. The molecule has 12 nitrogen and oxygen atoms in total. The fourth-order valence-corrected chi connectivity index (χ4v) is 6.02. The third kappa shape index (κ3) is 8.19. The lowest BCUT2D eigenvalue weighted by molar-refractivity contribution is 0.0708. The van der Waals surface area contributed by atoms with Crippen LogP contribution in [0, 0.1) is 5.92 Å². The standard InChI is InChI=1S/C37H43N7O5/c1-27(2)22-31-24-32(40-49-31)37(46)42-15-6-7-16-43(36(45)29-25-39-44(26-29)33-12-4-5-13-34(33)47-3)20-19-41-18-14-38-35(41)28-10-8-11-30(23-28)48-21-9-17-42/h4-5,8,10-14,18,23-27H,6-7,9,15-17,19-22H2,1-3H3. The smallest absolute Gasteiger partial charge is 0.276 e. The van der Waals surface area contributed by atoms with Crippen molar-refractivity contribution in [2.75, 3.05) is 39.9 Å². The van der Waals surface area contributed by atoms with Crippen LogP contribution >= 0.6 is 0 Å². The number of ether oxygens (including phenoxy) is 2. The van der Waals surface area contributed by atoms with Crippen molar-refractivity contribution < 1.29 is 23.6 Å². The zero-order chi connectivity index (χ0) is 34.2. The fourth-order valence-electron chi connectivity index (χ4n) is 6.02. The molecular formula is C37H43N7O5. The minimum absolute atomic E-state index is 0.121. The summed E-state index contributed by atoms with van der Waals surface area (Å²) in [6.07, 6.45) is 9.79. The number of aromatic nitrogens is 5. The van der Waals surface area contributed by atoms with Crippen molar-refractivity contribution in [2.45, 2.75) is 46.1 Å². The van der Waals surface area contributed by atoms with Crippen LogP contribution in [0.15, 0.2) is 83.9 Å². The molecule has 2 amide bonds. The van der Waals surface area contributed by atoms with Gasteiger partial charge in [0.1, 0.15) is 28.8 Å². The third-order valence-electron chi connectivity index (χ3n) is 8.49. The Kier molecular flexibility index (Phi) is 10.7. The zero-order valence-electron chi connectivity index (χ0n) is 28.3. The minimum atomic E-state index is -0.166. The maximum Gasteiger partial charge on any atom is 0.276 e. The van der Waals surface area contributed by atoms with Crippen LogP contribution in [0.5, 0.6) is 11.5 Å². The molecule has 5 aromatic rings. The lowest BCUT2D eigenvalue weighted by Crippen LogP contribution is -2.36. The number of amides is 2.